The van der Waals surface area contributed by atoms with E-state index in [0.717, 1.165) is 16.9 Å². The van der Waals surface area contributed by atoms with Gasteiger partial charge in [-0.25, -0.2) is 18.5 Å². The monoisotopic (exact) mass is 308 g/mol. The lowest BCUT2D eigenvalue weighted by Crippen LogP contribution is -2.10. The van der Waals surface area contributed by atoms with Crippen molar-refractivity contribution in [3.05, 3.63) is 41.6 Å². The quantitative estimate of drug-likeness (QED) is 0.895. The zero-order chi connectivity index (χ0) is 14.8. The number of nitrogens with one attached hydrogen (secondary N) is 1. The number of benzene rings is 1. The minimum absolute atomic E-state index is 0.0204. The van der Waals surface area contributed by atoms with Gasteiger partial charge >= 0.3 is 0 Å². The molecule has 1 unspecified atom stereocenters. The van der Waals surface area contributed by atoms with Crippen LogP contribution in [0.25, 0.3) is 0 Å². The summed E-state index contributed by atoms with van der Waals surface area (Å²) in [6.07, 6.45) is 1.23. The molecule has 8 heteroatoms. The van der Waals surface area contributed by atoms with E-state index in [2.05, 4.69) is 16.4 Å². The molecule has 3 N–H and O–H groups in total. The van der Waals surface area contributed by atoms with Crippen LogP contribution in [0.2, 0.25) is 0 Å². The Balaban J connectivity index is 2.13. The molecule has 0 saturated carbocycles. The molecule has 0 bridgehead atoms. The molecule has 2 rings (SSSR count). The van der Waals surface area contributed by atoms with Gasteiger partial charge in [0.25, 0.3) is 0 Å². The molecule has 0 saturated heterocycles. The highest BCUT2D eigenvalue weighted by Gasteiger charge is 2.14. The Kier molecular flexibility index (Phi) is 4.04. The zero-order valence-electron chi connectivity index (χ0n) is 10.6. The second kappa shape index (κ2) is 5.58. The number of anilines is 1. The number of rotatable bonds is 4. The minimum atomic E-state index is -3.71. The number of thiazole rings is 1. The van der Waals surface area contributed by atoms with E-state index in [1.807, 2.05) is 19.1 Å². The van der Waals surface area contributed by atoms with Crippen molar-refractivity contribution in [3.63, 3.8) is 0 Å². The Hall–Kier alpha value is -1.95. The molecule has 6 nitrogen and oxygen atoms in total. The zero-order valence-corrected chi connectivity index (χ0v) is 12.2. The van der Waals surface area contributed by atoms with Gasteiger partial charge in [0.15, 0.2) is 9.34 Å². The molecule has 0 aliphatic heterocycles. The van der Waals surface area contributed by atoms with Crippen molar-refractivity contribution < 1.29 is 8.42 Å². The van der Waals surface area contributed by atoms with Gasteiger partial charge in [-0.05, 0) is 24.6 Å². The van der Waals surface area contributed by atoms with Gasteiger partial charge in [-0.15, -0.1) is 0 Å². The second-order valence-electron chi connectivity index (χ2n) is 4.13. The van der Waals surface area contributed by atoms with Crippen molar-refractivity contribution in [3.8, 4) is 6.07 Å². The average Bonchev–Trinajstić information content (AvgIpc) is 2.87. The van der Waals surface area contributed by atoms with Gasteiger partial charge in [0.05, 0.1) is 23.9 Å². The molecule has 0 radical (unpaired) electrons. The third-order valence-electron chi connectivity index (χ3n) is 2.64. The first-order valence-corrected chi connectivity index (χ1v) is 8.01. The second-order valence-corrected chi connectivity index (χ2v) is 6.95. The predicted molar refractivity (Wildman–Crippen MR) is 76.7 cm³/mol. The van der Waals surface area contributed by atoms with Crippen LogP contribution in [0.5, 0.6) is 0 Å². The van der Waals surface area contributed by atoms with E-state index in [-0.39, 0.29) is 10.3 Å². The maximum atomic E-state index is 11.2. The number of nitrogens with zero attached hydrogens (tertiary/aromatic N) is 2. The smallest absolute Gasteiger partial charge is 0.249 e. The highest BCUT2D eigenvalue weighted by molar-refractivity contribution is 7.91. The number of aromatic nitrogens is 1. The maximum absolute atomic E-state index is 11.2. The van der Waals surface area contributed by atoms with Gasteiger partial charge in [-0.2, -0.15) is 5.26 Å². The Morgan fingerprint density at radius 2 is 2.05 bits per heavy atom. The number of nitriles is 1. The third kappa shape index (κ3) is 3.33. The molecular formula is C12H12N4O2S2. The number of hydrogen-bond donors (Lipinski definition) is 2. The summed E-state index contributed by atoms with van der Waals surface area (Å²) < 4.78 is 22.3. The molecule has 0 amide bonds. The molecule has 0 aliphatic carbocycles. The summed E-state index contributed by atoms with van der Waals surface area (Å²) in [5, 5.41) is 17.3. The van der Waals surface area contributed by atoms with Crippen LogP contribution in [0, 0.1) is 11.3 Å². The lowest BCUT2D eigenvalue weighted by atomic mass is 10.1. The van der Waals surface area contributed by atoms with Crippen molar-refractivity contribution in [2.24, 2.45) is 5.14 Å². The van der Waals surface area contributed by atoms with Crippen LogP contribution in [0.15, 0.2) is 34.7 Å². The van der Waals surface area contributed by atoms with Crippen LogP contribution in [0.4, 0.5) is 5.13 Å². The van der Waals surface area contributed by atoms with Crippen molar-refractivity contribution >= 4 is 26.5 Å². The Bertz CT molecular complexity index is 745. The fourth-order valence-corrected chi connectivity index (χ4v) is 3.11. The van der Waals surface area contributed by atoms with Gasteiger partial charge in [0.2, 0.25) is 10.0 Å². The normalized spacial score (nSPS) is 12.7. The topological polar surface area (TPSA) is 109 Å². The van der Waals surface area contributed by atoms with Crippen molar-refractivity contribution in [2.75, 3.05) is 5.32 Å². The van der Waals surface area contributed by atoms with Crippen molar-refractivity contribution in [2.45, 2.75) is 17.2 Å². The molecule has 1 atom stereocenters. The van der Waals surface area contributed by atoms with E-state index in [4.69, 9.17) is 10.4 Å². The largest absolute Gasteiger partial charge is 0.355 e. The Morgan fingerprint density at radius 1 is 1.40 bits per heavy atom. The fraction of sp³-hybridized carbons (Fsp3) is 0.167. The summed E-state index contributed by atoms with van der Waals surface area (Å²) in [6, 6.07) is 9.11. The molecule has 1 aromatic heterocycles. The van der Waals surface area contributed by atoms with E-state index in [9.17, 15) is 8.42 Å². The average molecular weight is 308 g/mol. The molecule has 0 fully saturated rings. The van der Waals surface area contributed by atoms with Crippen LogP contribution in [0.1, 0.15) is 24.1 Å². The van der Waals surface area contributed by atoms with E-state index >= 15 is 0 Å². The first-order valence-electron chi connectivity index (χ1n) is 5.65. The van der Waals surface area contributed by atoms with Gasteiger partial charge in [-0.3, -0.25) is 0 Å². The first-order chi connectivity index (χ1) is 9.40. The summed E-state index contributed by atoms with van der Waals surface area (Å²) in [5.74, 6) is 0. The summed E-state index contributed by atoms with van der Waals surface area (Å²) in [5.41, 5.74) is 1.56. The number of sulfonamides is 1. The van der Waals surface area contributed by atoms with Gasteiger partial charge in [0, 0.05) is 0 Å². The molecule has 20 heavy (non-hydrogen) atoms. The summed E-state index contributed by atoms with van der Waals surface area (Å²) in [6.45, 7) is 1.92. The van der Waals surface area contributed by atoms with Crippen LogP contribution in [-0.2, 0) is 10.0 Å². The van der Waals surface area contributed by atoms with Crippen molar-refractivity contribution in [1.29, 1.82) is 5.26 Å². The molecule has 104 valence electrons. The highest BCUT2D eigenvalue weighted by atomic mass is 32.2. The lowest BCUT2D eigenvalue weighted by Gasteiger charge is -2.13. The minimum Gasteiger partial charge on any atom is -0.355 e. The molecular weight excluding hydrogens is 296 g/mol. The highest BCUT2D eigenvalue weighted by Crippen LogP contribution is 2.25. The Morgan fingerprint density at radius 3 is 2.55 bits per heavy atom. The Labute approximate surface area is 120 Å². The summed E-state index contributed by atoms with van der Waals surface area (Å²) in [4.78, 5) is 3.98. The van der Waals surface area contributed by atoms with Gasteiger partial charge < -0.3 is 5.32 Å². The molecule has 0 spiro atoms. The third-order valence-corrected chi connectivity index (χ3v) is 4.98. The SMILES string of the molecule is CC(Nc1ncc(S(N)(=O)=O)s1)c1ccc(C#N)cc1. The van der Waals surface area contributed by atoms with Crippen molar-refractivity contribution in [1.82, 2.24) is 4.98 Å². The summed E-state index contributed by atoms with van der Waals surface area (Å²) in [7, 11) is -3.71. The maximum Gasteiger partial charge on any atom is 0.249 e. The van der Waals surface area contributed by atoms with Crippen LogP contribution < -0.4 is 10.5 Å². The number of primary sulfonamides is 1. The molecule has 1 heterocycles. The standard InChI is InChI=1S/C12H12N4O2S2/c1-8(10-4-2-9(6-13)3-5-10)16-12-15-7-11(19-12)20(14,17)18/h2-5,7-8H,1H3,(H,15,16)(H2,14,17,18). The number of nitrogens with two attached hydrogens (primary N) is 1. The fourth-order valence-electron chi connectivity index (χ4n) is 1.57. The first kappa shape index (κ1) is 14.5. The predicted octanol–water partition coefficient (Wildman–Crippen LogP) is 1.84. The van der Waals surface area contributed by atoms with E-state index in [1.165, 1.54) is 6.20 Å². The van der Waals surface area contributed by atoms with E-state index in [0.29, 0.717) is 10.7 Å². The van der Waals surface area contributed by atoms with E-state index < -0.39 is 10.0 Å². The van der Waals surface area contributed by atoms with Crippen LogP contribution in [-0.4, -0.2) is 13.4 Å². The number of hydrogen-bond acceptors (Lipinski definition) is 6. The van der Waals surface area contributed by atoms with E-state index in [1.54, 1.807) is 12.1 Å². The van der Waals surface area contributed by atoms with Crippen LogP contribution >= 0.6 is 11.3 Å². The van der Waals surface area contributed by atoms with Crippen LogP contribution in [0.3, 0.4) is 0 Å². The van der Waals surface area contributed by atoms with Gasteiger partial charge in [-0.1, -0.05) is 23.5 Å². The molecule has 2 aromatic rings. The molecule has 1 aromatic carbocycles. The molecule has 0 aliphatic rings. The lowest BCUT2D eigenvalue weighted by molar-refractivity contribution is 0.599. The van der Waals surface area contributed by atoms with Gasteiger partial charge in [0.1, 0.15) is 0 Å². The summed E-state index contributed by atoms with van der Waals surface area (Å²) >= 11 is 0.983.